The van der Waals surface area contributed by atoms with Gasteiger partial charge in [-0.2, -0.15) is 13.2 Å². The van der Waals surface area contributed by atoms with Crippen molar-refractivity contribution in [1.29, 1.82) is 0 Å². The van der Waals surface area contributed by atoms with Crippen molar-refractivity contribution in [3.63, 3.8) is 0 Å². The Kier molecular flexibility index (Phi) is 17.6. The maximum absolute atomic E-state index is 13.4. The molecule has 0 fully saturated rings. The number of alkyl halides is 3. The smallest absolute Gasteiger partial charge is 0.414 e. The zero-order valence-electron chi connectivity index (χ0n) is 24.8. The van der Waals surface area contributed by atoms with Gasteiger partial charge in [0, 0.05) is 12.2 Å². The number of aryl methyl sites for hydroxylation is 1. The number of halogens is 3. The van der Waals surface area contributed by atoms with Crippen LogP contribution in [0.25, 0.3) is 11.4 Å². The van der Waals surface area contributed by atoms with E-state index in [-0.39, 0.29) is 13.0 Å². The highest BCUT2D eigenvalue weighted by Crippen LogP contribution is 2.27. The average molecular weight is 565 g/mol. The monoisotopic (exact) mass is 564 g/mol. The van der Waals surface area contributed by atoms with Crippen LogP contribution in [0.5, 0.6) is 5.75 Å². The normalized spacial score (nSPS) is 12.5. The van der Waals surface area contributed by atoms with E-state index >= 15 is 0 Å². The van der Waals surface area contributed by atoms with Crippen LogP contribution in [0.15, 0.2) is 36.7 Å². The van der Waals surface area contributed by atoms with E-state index in [1.54, 1.807) is 12.4 Å². The first-order valence-electron chi connectivity index (χ1n) is 15.7. The van der Waals surface area contributed by atoms with E-state index in [4.69, 9.17) is 9.47 Å². The van der Waals surface area contributed by atoms with Crippen molar-refractivity contribution in [2.24, 2.45) is 0 Å². The predicted molar refractivity (Wildman–Crippen MR) is 158 cm³/mol. The van der Waals surface area contributed by atoms with Crippen LogP contribution < -0.4 is 4.74 Å². The van der Waals surface area contributed by atoms with E-state index < -0.39 is 12.3 Å². The Morgan fingerprint density at radius 3 is 1.75 bits per heavy atom. The third kappa shape index (κ3) is 15.0. The van der Waals surface area contributed by atoms with Crippen LogP contribution in [-0.2, 0) is 11.2 Å². The fourth-order valence-electron chi connectivity index (χ4n) is 4.73. The predicted octanol–water partition coefficient (Wildman–Crippen LogP) is 10.3. The summed E-state index contributed by atoms with van der Waals surface area (Å²) in [6, 6.07) is 7.71. The molecule has 0 spiro atoms. The molecule has 0 radical (unpaired) electrons. The number of unbranched alkanes of at least 4 members (excludes halogenated alkanes) is 12. The van der Waals surface area contributed by atoms with Crippen molar-refractivity contribution < 1.29 is 22.6 Å². The molecule has 1 unspecified atom stereocenters. The summed E-state index contributed by atoms with van der Waals surface area (Å²) in [4.78, 5) is 8.85. The molecule has 1 heterocycles. The van der Waals surface area contributed by atoms with Gasteiger partial charge < -0.3 is 9.47 Å². The summed E-state index contributed by atoms with van der Waals surface area (Å²) in [6.45, 7) is 5.23. The quantitative estimate of drug-likeness (QED) is 0.126. The van der Waals surface area contributed by atoms with E-state index in [9.17, 15) is 13.2 Å². The molecule has 0 bridgehead atoms. The molecular formula is C33H51F3N2O2. The summed E-state index contributed by atoms with van der Waals surface area (Å²) in [6.07, 6.45) is 14.6. The maximum Gasteiger partial charge on any atom is 0.414 e. The van der Waals surface area contributed by atoms with Crippen molar-refractivity contribution in [2.75, 3.05) is 13.2 Å². The summed E-state index contributed by atoms with van der Waals surface area (Å²) in [5.41, 5.74) is 1.86. The van der Waals surface area contributed by atoms with Crippen LogP contribution in [0, 0.1) is 0 Å². The zero-order chi connectivity index (χ0) is 28.9. The van der Waals surface area contributed by atoms with E-state index in [0.717, 1.165) is 43.2 Å². The molecule has 4 nitrogen and oxygen atoms in total. The Labute approximate surface area is 240 Å². The van der Waals surface area contributed by atoms with E-state index in [1.165, 1.54) is 51.4 Å². The Bertz CT molecular complexity index is 873. The fraction of sp³-hybridized carbons (Fsp3) is 0.697. The van der Waals surface area contributed by atoms with Gasteiger partial charge >= 0.3 is 6.18 Å². The number of rotatable bonds is 23. The third-order valence-electron chi connectivity index (χ3n) is 7.22. The summed E-state index contributed by atoms with van der Waals surface area (Å²) in [5.74, 6) is 1.27. The van der Waals surface area contributed by atoms with Crippen LogP contribution in [-0.4, -0.2) is 35.5 Å². The van der Waals surface area contributed by atoms with Gasteiger partial charge in [-0.1, -0.05) is 115 Å². The second kappa shape index (κ2) is 20.7. The average Bonchev–Trinajstić information content (AvgIpc) is 2.95. The Morgan fingerprint density at radius 2 is 1.20 bits per heavy atom. The van der Waals surface area contributed by atoms with E-state index in [0.29, 0.717) is 37.4 Å². The zero-order valence-corrected chi connectivity index (χ0v) is 24.8. The van der Waals surface area contributed by atoms with Crippen LogP contribution in [0.3, 0.4) is 0 Å². The fourth-order valence-corrected chi connectivity index (χ4v) is 4.73. The van der Waals surface area contributed by atoms with Crippen LogP contribution >= 0.6 is 0 Å². The Hall–Kier alpha value is -2.15. The first-order chi connectivity index (χ1) is 19.4. The minimum atomic E-state index is -4.33. The molecule has 0 saturated heterocycles. The van der Waals surface area contributed by atoms with Gasteiger partial charge in [-0.15, -0.1) is 0 Å². The van der Waals surface area contributed by atoms with Gasteiger partial charge in [-0.25, -0.2) is 9.97 Å². The van der Waals surface area contributed by atoms with Crippen LogP contribution in [0.1, 0.15) is 122 Å². The molecule has 2 rings (SSSR count). The van der Waals surface area contributed by atoms with Gasteiger partial charge in [0.15, 0.2) is 17.7 Å². The molecule has 0 saturated carbocycles. The molecule has 1 aromatic heterocycles. The summed E-state index contributed by atoms with van der Waals surface area (Å²) in [7, 11) is 0. The number of ether oxygens (including phenoxy) is 2. The van der Waals surface area contributed by atoms with Gasteiger partial charge in [-0.3, -0.25) is 0 Å². The second-order valence-electron chi connectivity index (χ2n) is 10.8. The SMILES string of the molecule is CCCCCCCCCCOc1cnc(-c2ccc(CCCC(OCCCCCCCC)C(F)(F)F)cc2)nc1. The van der Waals surface area contributed by atoms with Crippen molar-refractivity contribution in [1.82, 2.24) is 9.97 Å². The van der Waals surface area contributed by atoms with Crippen molar-refractivity contribution in [3.8, 4) is 17.1 Å². The lowest BCUT2D eigenvalue weighted by Gasteiger charge is -2.21. The Balaban J connectivity index is 1.67. The minimum Gasteiger partial charge on any atom is -0.490 e. The first kappa shape index (κ1) is 34.1. The number of hydrogen-bond acceptors (Lipinski definition) is 4. The molecule has 0 N–H and O–H groups in total. The lowest BCUT2D eigenvalue weighted by molar-refractivity contribution is -0.222. The summed E-state index contributed by atoms with van der Waals surface area (Å²) >= 11 is 0. The standard InChI is InChI=1S/C33H51F3N2O2/c1-3-5-7-9-11-12-14-15-24-39-30-26-37-32(38-27-30)29-22-20-28(21-23-29)18-17-19-31(33(34,35)36)40-25-16-13-10-8-6-4-2/h20-23,26-27,31H,3-19,24-25H2,1-2H3. The van der Waals surface area contributed by atoms with Gasteiger partial charge in [0.05, 0.1) is 19.0 Å². The number of benzene rings is 1. The molecule has 7 heteroatoms. The molecule has 1 aromatic carbocycles. The topological polar surface area (TPSA) is 44.2 Å². The van der Waals surface area contributed by atoms with Crippen LogP contribution in [0.2, 0.25) is 0 Å². The largest absolute Gasteiger partial charge is 0.490 e. The highest BCUT2D eigenvalue weighted by Gasteiger charge is 2.39. The molecule has 0 aliphatic heterocycles. The highest BCUT2D eigenvalue weighted by molar-refractivity contribution is 5.55. The number of nitrogens with zero attached hydrogens (tertiary/aromatic N) is 2. The lowest BCUT2D eigenvalue weighted by atomic mass is 10.0. The van der Waals surface area contributed by atoms with Crippen molar-refractivity contribution in [2.45, 2.75) is 135 Å². The van der Waals surface area contributed by atoms with Gasteiger partial charge in [0.1, 0.15) is 0 Å². The minimum absolute atomic E-state index is 0.0232. The first-order valence-corrected chi connectivity index (χ1v) is 15.7. The second-order valence-corrected chi connectivity index (χ2v) is 10.8. The molecule has 226 valence electrons. The van der Waals surface area contributed by atoms with Gasteiger partial charge in [-0.05, 0) is 37.7 Å². The maximum atomic E-state index is 13.4. The van der Waals surface area contributed by atoms with E-state index in [2.05, 4.69) is 23.8 Å². The molecule has 0 aliphatic rings. The van der Waals surface area contributed by atoms with Crippen molar-refractivity contribution in [3.05, 3.63) is 42.2 Å². The van der Waals surface area contributed by atoms with Gasteiger partial charge in [0.2, 0.25) is 0 Å². The Morgan fingerprint density at radius 1 is 0.675 bits per heavy atom. The van der Waals surface area contributed by atoms with Crippen LogP contribution in [0.4, 0.5) is 13.2 Å². The van der Waals surface area contributed by atoms with E-state index in [1.807, 2.05) is 24.3 Å². The number of hydrogen-bond donors (Lipinski definition) is 0. The van der Waals surface area contributed by atoms with Gasteiger partial charge in [0.25, 0.3) is 0 Å². The highest BCUT2D eigenvalue weighted by atomic mass is 19.4. The molecule has 2 aromatic rings. The molecule has 0 amide bonds. The lowest BCUT2D eigenvalue weighted by Crippen LogP contribution is -2.32. The molecule has 0 aliphatic carbocycles. The molecule has 40 heavy (non-hydrogen) atoms. The molecular weight excluding hydrogens is 513 g/mol. The third-order valence-corrected chi connectivity index (χ3v) is 7.22. The number of aromatic nitrogens is 2. The van der Waals surface area contributed by atoms with Crippen molar-refractivity contribution >= 4 is 0 Å². The molecule has 1 atom stereocenters. The summed E-state index contributed by atoms with van der Waals surface area (Å²) in [5, 5.41) is 0. The summed E-state index contributed by atoms with van der Waals surface area (Å²) < 4.78 is 51.3.